The van der Waals surface area contributed by atoms with Crippen molar-refractivity contribution in [2.24, 2.45) is 4.99 Å². The second-order valence-electron chi connectivity index (χ2n) is 7.82. The molecule has 2 saturated heterocycles. The standard InChI is InChI=1S/C22H24FN5O2/c1-14(21-18-10-15(23)2-4-19(18)26-22(21)29)25-16-3-5-20(24-11-16)28-8-6-27(7-9-28)17-12-30-13-17/h2-5,10-11,17,26,29H,6-9,12-13H2,1H3. The largest absolute Gasteiger partial charge is 0.494 e. The first-order valence-corrected chi connectivity index (χ1v) is 10.2. The smallest absolute Gasteiger partial charge is 0.198 e. The van der Waals surface area contributed by atoms with Crippen molar-refractivity contribution in [1.82, 2.24) is 14.9 Å². The number of rotatable bonds is 4. The number of ether oxygens (including phenoxy) is 1. The maximum atomic E-state index is 13.7. The molecule has 0 amide bonds. The summed E-state index contributed by atoms with van der Waals surface area (Å²) in [6.45, 7) is 7.42. The van der Waals surface area contributed by atoms with Crippen molar-refractivity contribution in [3.8, 4) is 5.88 Å². The number of piperazine rings is 1. The lowest BCUT2D eigenvalue weighted by Crippen LogP contribution is -2.56. The van der Waals surface area contributed by atoms with E-state index in [1.54, 1.807) is 19.2 Å². The summed E-state index contributed by atoms with van der Waals surface area (Å²) in [5.74, 6) is 0.566. The van der Waals surface area contributed by atoms with Crippen molar-refractivity contribution in [3.05, 3.63) is 47.9 Å². The molecule has 0 bridgehead atoms. The van der Waals surface area contributed by atoms with Crippen LogP contribution in [0.2, 0.25) is 0 Å². The Bertz CT molecular complexity index is 1080. The molecule has 4 heterocycles. The van der Waals surface area contributed by atoms with Gasteiger partial charge >= 0.3 is 0 Å². The number of hydrogen-bond donors (Lipinski definition) is 2. The molecule has 2 aliphatic heterocycles. The van der Waals surface area contributed by atoms with Gasteiger partial charge in [0.15, 0.2) is 5.88 Å². The zero-order chi connectivity index (χ0) is 20.7. The highest BCUT2D eigenvalue weighted by Gasteiger charge is 2.29. The fraction of sp³-hybridized carbons (Fsp3) is 0.364. The van der Waals surface area contributed by atoms with Gasteiger partial charge in [-0.2, -0.15) is 0 Å². The number of aromatic hydroxyl groups is 1. The Morgan fingerprint density at radius 1 is 1.20 bits per heavy atom. The first kappa shape index (κ1) is 19.0. The van der Waals surface area contributed by atoms with E-state index in [4.69, 9.17) is 4.74 Å². The van der Waals surface area contributed by atoms with Gasteiger partial charge < -0.3 is 19.7 Å². The molecule has 0 radical (unpaired) electrons. The topological polar surface area (TPSA) is 77.0 Å². The predicted molar refractivity (Wildman–Crippen MR) is 114 cm³/mol. The molecule has 0 saturated carbocycles. The van der Waals surface area contributed by atoms with Crippen LogP contribution in [0.3, 0.4) is 0 Å². The van der Waals surface area contributed by atoms with Gasteiger partial charge in [-0.05, 0) is 37.3 Å². The van der Waals surface area contributed by atoms with Gasteiger partial charge in [-0.25, -0.2) is 9.37 Å². The molecule has 7 nitrogen and oxygen atoms in total. The van der Waals surface area contributed by atoms with Crippen LogP contribution in [0.5, 0.6) is 5.88 Å². The maximum Gasteiger partial charge on any atom is 0.198 e. The second kappa shape index (κ2) is 7.70. The van der Waals surface area contributed by atoms with Crippen LogP contribution < -0.4 is 4.90 Å². The monoisotopic (exact) mass is 409 g/mol. The minimum absolute atomic E-state index is 0.0174. The van der Waals surface area contributed by atoms with Gasteiger partial charge in [0.1, 0.15) is 11.6 Å². The van der Waals surface area contributed by atoms with Crippen molar-refractivity contribution in [2.75, 3.05) is 44.3 Å². The van der Waals surface area contributed by atoms with Crippen molar-refractivity contribution >= 4 is 28.1 Å². The molecule has 0 spiro atoms. The lowest BCUT2D eigenvalue weighted by molar-refractivity contribution is -0.0660. The van der Waals surface area contributed by atoms with Gasteiger partial charge in [0.05, 0.1) is 42.4 Å². The number of pyridine rings is 1. The fourth-order valence-electron chi connectivity index (χ4n) is 4.15. The minimum atomic E-state index is -0.355. The van der Waals surface area contributed by atoms with Crippen molar-refractivity contribution in [1.29, 1.82) is 0 Å². The van der Waals surface area contributed by atoms with E-state index < -0.39 is 0 Å². The number of nitrogens with zero attached hydrogens (tertiary/aromatic N) is 4. The number of fused-ring (bicyclic) bond motifs is 1. The normalized spacial score (nSPS) is 18.7. The number of aromatic amines is 1. The highest BCUT2D eigenvalue weighted by atomic mass is 19.1. The second-order valence-corrected chi connectivity index (χ2v) is 7.82. The summed E-state index contributed by atoms with van der Waals surface area (Å²) in [5, 5.41) is 10.9. The fourth-order valence-corrected chi connectivity index (χ4v) is 4.15. The molecule has 1 aromatic carbocycles. The Labute approximate surface area is 173 Å². The lowest BCUT2D eigenvalue weighted by atomic mass is 10.1. The summed E-state index contributed by atoms with van der Waals surface area (Å²) in [6.07, 6.45) is 1.73. The maximum absolute atomic E-state index is 13.7. The zero-order valence-corrected chi connectivity index (χ0v) is 16.8. The van der Waals surface area contributed by atoms with E-state index in [1.807, 2.05) is 12.1 Å². The molecule has 2 aromatic heterocycles. The third-order valence-electron chi connectivity index (χ3n) is 5.91. The number of aromatic nitrogens is 2. The van der Waals surface area contributed by atoms with Gasteiger partial charge in [-0.1, -0.05) is 0 Å². The van der Waals surface area contributed by atoms with Gasteiger partial charge in [0, 0.05) is 37.1 Å². The molecule has 156 valence electrons. The average Bonchev–Trinajstić information content (AvgIpc) is 3.03. The van der Waals surface area contributed by atoms with Crippen molar-refractivity contribution in [3.63, 3.8) is 0 Å². The van der Waals surface area contributed by atoms with Gasteiger partial charge in [-0.15, -0.1) is 0 Å². The number of nitrogens with one attached hydrogen (secondary N) is 1. The minimum Gasteiger partial charge on any atom is -0.494 e. The molecule has 0 atom stereocenters. The molecule has 2 N–H and O–H groups in total. The van der Waals surface area contributed by atoms with Crippen LogP contribution in [0.4, 0.5) is 15.9 Å². The third-order valence-corrected chi connectivity index (χ3v) is 5.91. The predicted octanol–water partition coefficient (Wildman–Crippen LogP) is 3.07. The van der Waals surface area contributed by atoms with Gasteiger partial charge in [0.2, 0.25) is 0 Å². The van der Waals surface area contributed by atoms with Crippen molar-refractivity contribution in [2.45, 2.75) is 13.0 Å². The number of aliphatic imine (C=N–C) groups is 1. The summed E-state index contributed by atoms with van der Waals surface area (Å²) in [5.41, 5.74) is 2.45. The number of hydrogen-bond acceptors (Lipinski definition) is 6. The number of halogens is 1. The molecule has 5 rings (SSSR count). The molecular formula is C22H24FN5O2. The van der Waals surface area contributed by atoms with E-state index in [0.717, 1.165) is 45.2 Å². The van der Waals surface area contributed by atoms with Crippen LogP contribution in [0.25, 0.3) is 10.9 Å². The van der Waals surface area contributed by atoms with Gasteiger partial charge in [-0.3, -0.25) is 9.89 Å². The quantitative estimate of drug-likeness (QED) is 0.648. The Morgan fingerprint density at radius 3 is 2.67 bits per heavy atom. The summed E-state index contributed by atoms with van der Waals surface area (Å²) >= 11 is 0. The Kier molecular flexibility index (Phi) is 4.88. The molecule has 0 aliphatic carbocycles. The van der Waals surface area contributed by atoms with Crippen LogP contribution in [0.1, 0.15) is 12.5 Å². The van der Waals surface area contributed by atoms with Crippen molar-refractivity contribution < 1.29 is 14.2 Å². The molecule has 30 heavy (non-hydrogen) atoms. The first-order valence-electron chi connectivity index (χ1n) is 10.2. The molecule has 2 fully saturated rings. The number of benzene rings is 1. The van der Waals surface area contributed by atoms with Gasteiger partial charge in [0.25, 0.3) is 0 Å². The average molecular weight is 409 g/mol. The van der Waals surface area contributed by atoms with Crippen LogP contribution in [-0.2, 0) is 4.74 Å². The molecule has 3 aromatic rings. The van der Waals surface area contributed by atoms with Crippen LogP contribution in [0.15, 0.2) is 41.5 Å². The third kappa shape index (κ3) is 3.53. The van der Waals surface area contributed by atoms with E-state index in [2.05, 4.69) is 24.8 Å². The number of H-pyrrole nitrogens is 1. The van der Waals surface area contributed by atoms with Crippen LogP contribution in [0, 0.1) is 5.82 Å². The van der Waals surface area contributed by atoms with E-state index >= 15 is 0 Å². The molecule has 2 aliphatic rings. The SMILES string of the molecule is CC(=Nc1ccc(N2CCN(C3COC3)CC2)nc1)c1c(O)[nH]c2ccc(F)cc12. The first-order chi connectivity index (χ1) is 14.6. The summed E-state index contributed by atoms with van der Waals surface area (Å²) in [4.78, 5) is 16.8. The molecular weight excluding hydrogens is 385 g/mol. The highest BCUT2D eigenvalue weighted by Crippen LogP contribution is 2.30. The Hall–Kier alpha value is -2.97. The van der Waals surface area contributed by atoms with E-state index in [0.29, 0.717) is 33.9 Å². The summed E-state index contributed by atoms with van der Waals surface area (Å²) in [7, 11) is 0. The summed E-state index contributed by atoms with van der Waals surface area (Å²) < 4.78 is 19.0. The lowest BCUT2D eigenvalue weighted by Gasteiger charge is -2.42. The highest BCUT2D eigenvalue weighted by molar-refractivity contribution is 6.12. The zero-order valence-electron chi connectivity index (χ0n) is 16.8. The number of anilines is 1. The van der Waals surface area contributed by atoms with Crippen LogP contribution in [-0.4, -0.2) is 71.1 Å². The van der Waals surface area contributed by atoms with Crippen LogP contribution >= 0.6 is 0 Å². The Balaban J connectivity index is 1.32. The molecule has 0 unspecified atom stereocenters. The molecule has 8 heteroatoms. The summed E-state index contributed by atoms with van der Waals surface area (Å²) in [6, 6.07) is 8.84. The Morgan fingerprint density at radius 2 is 2.00 bits per heavy atom. The van der Waals surface area contributed by atoms with E-state index in [9.17, 15) is 9.50 Å². The van der Waals surface area contributed by atoms with E-state index in [1.165, 1.54) is 12.1 Å². The van der Waals surface area contributed by atoms with E-state index in [-0.39, 0.29) is 11.7 Å².